The number of nitrogens with two attached hydrogens (primary N) is 1. The number of halogens is 4. The third-order valence-electron chi connectivity index (χ3n) is 5.11. The molecule has 0 aromatic heterocycles. The van der Waals surface area contributed by atoms with E-state index in [1.54, 1.807) is 0 Å². The molecule has 1 aliphatic heterocycles. The fourth-order valence-electron chi connectivity index (χ4n) is 3.53. The quantitative estimate of drug-likeness (QED) is 0.565. The fourth-order valence-corrected chi connectivity index (χ4v) is 3.53. The second kappa shape index (κ2) is 7.64. The van der Waals surface area contributed by atoms with Crippen LogP contribution >= 0.6 is 0 Å². The summed E-state index contributed by atoms with van der Waals surface area (Å²) in [6.07, 6.45) is -4.89. The molecule has 32 heavy (non-hydrogen) atoms. The minimum Gasteiger partial charge on any atom is -0.366 e. The molecule has 0 unspecified atom stereocenters. The number of amides is 4. The molecule has 1 heterocycles. The van der Waals surface area contributed by atoms with Gasteiger partial charge in [0.15, 0.2) is 0 Å². The predicted molar refractivity (Wildman–Crippen MR) is 105 cm³/mol. The number of imide groups is 1. The number of hydrogen-bond donors (Lipinski definition) is 1. The average molecular weight is 448 g/mol. The summed E-state index contributed by atoms with van der Waals surface area (Å²) in [5.41, 5.74) is 1.17. The first-order chi connectivity index (χ1) is 14.8. The summed E-state index contributed by atoms with van der Waals surface area (Å²) in [4.78, 5) is 39.2. The van der Waals surface area contributed by atoms with Crippen LogP contribution < -0.4 is 15.5 Å². The van der Waals surface area contributed by atoms with Crippen molar-refractivity contribution in [2.45, 2.75) is 32.2 Å². The maximum atomic E-state index is 13.4. The highest BCUT2D eigenvalue weighted by Gasteiger charge is 2.53. The molecular formula is C21H16F4N4O3. The molecule has 166 valence electrons. The molecule has 1 saturated heterocycles. The molecule has 3 rings (SSSR count). The Bertz CT molecular complexity index is 1180. The van der Waals surface area contributed by atoms with Crippen LogP contribution in [-0.4, -0.2) is 23.4 Å². The number of benzene rings is 2. The van der Waals surface area contributed by atoms with Gasteiger partial charge in [-0.1, -0.05) is 0 Å². The van der Waals surface area contributed by atoms with E-state index in [2.05, 4.69) is 0 Å². The molecule has 1 fully saturated rings. The van der Waals surface area contributed by atoms with Crippen molar-refractivity contribution in [2.75, 3.05) is 9.80 Å². The molecule has 4 amide bonds. The van der Waals surface area contributed by atoms with Gasteiger partial charge < -0.3 is 5.73 Å². The third kappa shape index (κ3) is 3.53. The largest absolute Gasteiger partial charge is 0.417 e. The molecule has 11 heteroatoms. The molecule has 0 bridgehead atoms. The van der Waals surface area contributed by atoms with Gasteiger partial charge in [0.05, 0.1) is 22.9 Å². The van der Waals surface area contributed by atoms with Crippen LogP contribution in [0.4, 0.5) is 33.7 Å². The van der Waals surface area contributed by atoms with Crippen molar-refractivity contribution < 1.29 is 31.9 Å². The number of urea groups is 1. The molecule has 1 aliphatic rings. The first kappa shape index (κ1) is 22.7. The van der Waals surface area contributed by atoms with E-state index in [1.165, 1.54) is 38.1 Å². The number of nitriles is 1. The van der Waals surface area contributed by atoms with Crippen molar-refractivity contribution in [2.24, 2.45) is 5.73 Å². The Morgan fingerprint density at radius 1 is 1.12 bits per heavy atom. The minimum absolute atomic E-state index is 0.0539. The number of nitrogens with zero attached hydrogens (tertiary/aromatic N) is 3. The van der Waals surface area contributed by atoms with Crippen LogP contribution in [0.25, 0.3) is 0 Å². The molecule has 7 nitrogen and oxygen atoms in total. The van der Waals surface area contributed by atoms with Crippen LogP contribution in [-0.2, 0) is 17.6 Å². The minimum atomic E-state index is -4.89. The summed E-state index contributed by atoms with van der Waals surface area (Å²) in [6, 6.07) is 6.60. The van der Waals surface area contributed by atoms with Crippen molar-refractivity contribution in [3.8, 4) is 6.07 Å². The summed E-state index contributed by atoms with van der Waals surface area (Å²) in [6.45, 7) is 1.67. The first-order valence-corrected chi connectivity index (χ1v) is 9.13. The Balaban J connectivity index is 2.13. The lowest BCUT2D eigenvalue weighted by molar-refractivity contribution is -0.137. The standard InChI is InChI=1S/C21H16F4N4O3/c1-20(2)18(31)28(13-4-3-11(10-26)16(8-13)21(23,24)25)19(32)29(20)14-5-6-15(17(27)30)12(7-14)9-22/h3-8H,9H2,1-2H3,(H2,27,30). The molecule has 2 aromatic carbocycles. The van der Waals surface area contributed by atoms with Gasteiger partial charge in [-0.15, -0.1) is 0 Å². The molecule has 0 aliphatic carbocycles. The van der Waals surface area contributed by atoms with Gasteiger partial charge >= 0.3 is 12.2 Å². The summed E-state index contributed by atoms with van der Waals surface area (Å²) in [5.74, 6) is -1.72. The van der Waals surface area contributed by atoms with Crippen molar-refractivity contribution in [1.29, 1.82) is 5.26 Å². The average Bonchev–Trinajstić information content (AvgIpc) is 2.90. The second-order valence-corrected chi connectivity index (χ2v) is 7.50. The maximum absolute atomic E-state index is 13.4. The molecule has 0 radical (unpaired) electrons. The van der Waals surface area contributed by atoms with Crippen molar-refractivity contribution in [1.82, 2.24) is 0 Å². The van der Waals surface area contributed by atoms with Gasteiger partial charge in [0, 0.05) is 11.3 Å². The normalized spacial score (nSPS) is 15.8. The van der Waals surface area contributed by atoms with Gasteiger partial charge in [-0.3, -0.25) is 14.5 Å². The van der Waals surface area contributed by atoms with E-state index in [9.17, 15) is 31.9 Å². The highest BCUT2D eigenvalue weighted by Crippen LogP contribution is 2.39. The first-order valence-electron chi connectivity index (χ1n) is 9.13. The summed E-state index contributed by atoms with van der Waals surface area (Å²) in [7, 11) is 0. The Hall–Kier alpha value is -3.94. The van der Waals surface area contributed by atoms with E-state index in [-0.39, 0.29) is 22.5 Å². The number of alkyl halides is 4. The summed E-state index contributed by atoms with van der Waals surface area (Å²) in [5, 5.41) is 8.96. The smallest absolute Gasteiger partial charge is 0.366 e. The monoisotopic (exact) mass is 448 g/mol. The molecule has 2 N–H and O–H groups in total. The number of hydrogen-bond acceptors (Lipinski definition) is 4. The van der Waals surface area contributed by atoms with Crippen LogP contribution in [0.2, 0.25) is 0 Å². The van der Waals surface area contributed by atoms with Gasteiger partial charge in [0.2, 0.25) is 5.91 Å². The zero-order chi connectivity index (χ0) is 24.0. The number of anilines is 2. The highest BCUT2D eigenvalue weighted by atomic mass is 19.4. The zero-order valence-electron chi connectivity index (χ0n) is 16.8. The van der Waals surface area contributed by atoms with Crippen LogP contribution in [0.5, 0.6) is 0 Å². The maximum Gasteiger partial charge on any atom is 0.417 e. The summed E-state index contributed by atoms with van der Waals surface area (Å²) >= 11 is 0. The molecular weight excluding hydrogens is 432 g/mol. The number of carbonyl (C=O) groups is 3. The number of rotatable bonds is 4. The lowest BCUT2D eigenvalue weighted by Crippen LogP contribution is -2.44. The van der Waals surface area contributed by atoms with Crippen molar-refractivity contribution >= 4 is 29.2 Å². The summed E-state index contributed by atoms with van der Waals surface area (Å²) < 4.78 is 53.5. The van der Waals surface area contributed by atoms with Gasteiger partial charge in [-0.05, 0) is 55.8 Å². The van der Waals surface area contributed by atoms with E-state index < -0.39 is 47.4 Å². The predicted octanol–water partition coefficient (Wildman–Crippen LogP) is 3.90. The van der Waals surface area contributed by atoms with E-state index in [0.29, 0.717) is 11.0 Å². The zero-order valence-corrected chi connectivity index (χ0v) is 16.8. The van der Waals surface area contributed by atoms with Gasteiger partial charge in [-0.25, -0.2) is 14.1 Å². The van der Waals surface area contributed by atoms with Crippen LogP contribution in [0.3, 0.4) is 0 Å². The Labute approximate surface area is 179 Å². The van der Waals surface area contributed by atoms with E-state index in [0.717, 1.165) is 17.0 Å². The van der Waals surface area contributed by atoms with E-state index >= 15 is 0 Å². The second-order valence-electron chi connectivity index (χ2n) is 7.50. The van der Waals surface area contributed by atoms with E-state index in [1.807, 2.05) is 0 Å². The Morgan fingerprint density at radius 2 is 1.75 bits per heavy atom. The lowest BCUT2D eigenvalue weighted by atomic mass is 10.0. The van der Waals surface area contributed by atoms with Crippen LogP contribution in [0.15, 0.2) is 36.4 Å². The number of primary amides is 1. The lowest BCUT2D eigenvalue weighted by Gasteiger charge is -2.28. The third-order valence-corrected chi connectivity index (χ3v) is 5.11. The van der Waals surface area contributed by atoms with E-state index in [4.69, 9.17) is 11.0 Å². The number of carbonyl (C=O) groups excluding carboxylic acids is 3. The molecule has 0 spiro atoms. The topological polar surface area (TPSA) is 108 Å². The fraction of sp³-hybridized carbons (Fsp3) is 0.238. The molecule has 2 aromatic rings. The van der Waals surface area contributed by atoms with Crippen molar-refractivity contribution in [3.63, 3.8) is 0 Å². The van der Waals surface area contributed by atoms with Gasteiger partial charge in [0.25, 0.3) is 5.91 Å². The Morgan fingerprint density at radius 3 is 2.28 bits per heavy atom. The molecule has 0 saturated carbocycles. The SMILES string of the molecule is CC1(C)C(=O)N(c2ccc(C#N)c(C(F)(F)F)c2)C(=O)N1c1ccc(C(N)=O)c(CF)c1. The Kier molecular flexibility index (Phi) is 5.43. The van der Waals surface area contributed by atoms with Crippen LogP contribution in [0.1, 0.15) is 40.9 Å². The van der Waals surface area contributed by atoms with Crippen molar-refractivity contribution in [3.05, 3.63) is 58.7 Å². The molecule has 0 atom stereocenters. The highest BCUT2D eigenvalue weighted by molar-refractivity contribution is 6.30. The van der Waals surface area contributed by atoms with Crippen LogP contribution in [0, 0.1) is 11.3 Å². The van der Waals surface area contributed by atoms with Gasteiger partial charge in [-0.2, -0.15) is 18.4 Å². The van der Waals surface area contributed by atoms with Gasteiger partial charge in [0.1, 0.15) is 12.2 Å².